The van der Waals surface area contributed by atoms with Gasteiger partial charge in [0.1, 0.15) is 11.1 Å². The van der Waals surface area contributed by atoms with E-state index in [1.54, 1.807) is 0 Å². The monoisotopic (exact) mass is 308 g/mol. The van der Waals surface area contributed by atoms with Crippen LogP contribution in [0.5, 0.6) is 0 Å². The van der Waals surface area contributed by atoms with Gasteiger partial charge >= 0.3 is 0 Å². The molecule has 0 atom stereocenters. The van der Waals surface area contributed by atoms with E-state index in [0.29, 0.717) is 0 Å². The molecule has 3 heteroatoms. The normalized spacial score (nSPS) is 12.2. The molecule has 0 bridgehead atoms. The second-order valence-corrected chi connectivity index (χ2v) is 6.12. The number of pyridine rings is 1. The summed E-state index contributed by atoms with van der Waals surface area (Å²) in [5.74, 6) is 0. The molecule has 0 aliphatic heterocycles. The van der Waals surface area contributed by atoms with Crippen molar-refractivity contribution in [3.8, 4) is 0 Å². The van der Waals surface area contributed by atoms with E-state index in [-0.39, 0.29) is 0 Å². The van der Waals surface area contributed by atoms with Gasteiger partial charge in [0, 0.05) is 33.3 Å². The van der Waals surface area contributed by atoms with Gasteiger partial charge in [0.2, 0.25) is 0 Å². The lowest BCUT2D eigenvalue weighted by Gasteiger charge is -2.01. The van der Waals surface area contributed by atoms with Crippen LogP contribution in [-0.4, -0.2) is 9.97 Å². The van der Waals surface area contributed by atoms with E-state index >= 15 is 0 Å². The average molecular weight is 308 g/mol. The molecule has 0 fully saturated rings. The molecule has 3 aromatic carbocycles. The number of H-pyrrole nitrogens is 1. The van der Waals surface area contributed by atoms with Gasteiger partial charge in [-0.3, -0.25) is 4.98 Å². The molecule has 0 spiro atoms. The molecule has 112 valence electrons. The van der Waals surface area contributed by atoms with Crippen molar-refractivity contribution in [3.63, 3.8) is 0 Å². The highest BCUT2D eigenvalue weighted by atomic mass is 16.3. The lowest BCUT2D eigenvalue weighted by molar-refractivity contribution is 0.672. The molecule has 3 nitrogen and oxygen atoms in total. The molecule has 0 saturated carbocycles. The number of nitrogens with zero attached hydrogens (tertiary/aromatic N) is 1. The van der Waals surface area contributed by atoms with E-state index in [0.717, 1.165) is 43.9 Å². The molecule has 0 saturated heterocycles. The van der Waals surface area contributed by atoms with Crippen molar-refractivity contribution in [2.45, 2.75) is 0 Å². The van der Waals surface area contributed by atoms with E-state index in [1.807, 2.05) is 24.4 Å². The first kappa shape index (κ1) is 12.1. The van der Waals surface area contributed by atoms with Crippen molar-refractivity contribution in [2.75, 3.05) is 0 Å². The zero-order chi connectivity index (χ0) is 15.7. The molecule has 6 aromatic rings. The summed E-state index contributed by atoms with van der Waals surface area (Å²) in [7, 11) is 0. The van der Waals surface area contributed by atoms with Gasteiger partial charge in [0.15, 0.2) is 5.58 Å². The van der Waals surface area contributed by atoms with Crippen LogP contribution in [0, 0.1) is 0 Å². The van der Waals surface area contributed by atoms with E-state index < -0.39 is 0 Å². The van der Waals surface area contributed by atoms with E-state index in [9.17, 15) is 0 Å². The average Bonchev–Trinajstić information content (AvgIpc) is 3.20. The minimum atomic E-state index is 0.853. The Bertz CT molecular complexity index is 1410. The molecule has 3 aromatic heterocycles. The molecule has 0 unspecified atom stereocenters. The number of rotatable bonds is 0. The summed E-state index contributed by atoms with van der Waals surface area (Å²) in [5.41, 5.74) is 4.92. The molecule has 0 amide bonds. The molecule has 1 N–H and O–H groups in total. The number of aromatic nitrogens is 2. The molecule has 3 heterocycles. The SMILES string of the molecule is c1ccc2c(c1)[nH]c1c2c2cccnc2c2oc3ccccc3c12. The summed E-state index contributed by atoms with van der Waals surface area (Å²) in [6.07, 6.45) is 1.83. The lowest BCUT2D eigenvalue weighted by Crippen LogP contribution is -1.81. The number of benzene rings is 3. The van der Waals surface area contributed by atoms with E-state index in [1.165, 1.54) is 10.8 Å². The summed E-state index contributed by atoms with van der Waals surface area (Å²) < 4.78 is 6.19. The number of hydrogen-bond donors (Lipinski definition) is 1. The van der Waals surface area contributed by atoms with Gasteiger partial charge in [-0.05, 0) is 18.2 Å². The van der Waals surface area contributed by atoms with E-state index in [4.69, 9.17) is 4.42 Å². The van der Waals surface area contributed by atoms with Gasteiger partial charge in [-0.1, -0.05) is 42.5 Å². The zero-order valence-electron chi connectivity index (χ0n) is 12.7. The van der Waals surface area contributed by atoms with Crippen molar-refractivity contribution in [3.05, 3.63) is 66.9 Å². The third kappa shape index (κ3) is 1.35. The van der Waals surface area contributed by atoms with Crippen molar-refractivity contribution < 1.29 is 4.42 Å². The van der Waals surface area contributed by atoms with Crippen LogP contribution in [-0.2, 0) is 0 Å². The molecule has 0 radical (unpaired) electrons. The zero-order valence-corrected chi connectivity index (χ0v) is 12.7. The minimum absolute atomic E-state index is 0.853. The Balaban J connectivity index is 2.08. The standard InChI is InChI=1S/C21H12N2O/c1-3-9-15-12(6-1)17-14-8-5-11-22-19(14)21-18(20(17)23-15)13-7-2-4-10-16(13)24-21/h1-11,23H. The second kappa shape index (κ2) is 4.15. The molecule has 0 aliphatic rings. The summed E-state index contributed by atoms with van der Waals surface area (Å²) in [6, 6.07) is 20.7. The first-order valence-corrected chi connectivity index (χ1v) is 8.00. The fourth-order valence-electron chi connectivity index (χ4n) is 3.86. The Labute approximate surface area is 136 Å². The van der Waals surface area contributed by atoms with Gasteiger partial charge in [-0.15, -0.1) is 0 Å². The van der Waals surface area contributed by atoms with Gasteiger partial charge < -0.3 is 9.40 Å². The highest BCUT2D eigenvalue weighted by Gasteiger charge is 2.19. The van der Waals surface area contributed by atoms with Crippen molar-refractivity contribution in [1.82, 2.24) is 9.97 Å². The van der Waals surface area contributed by atoms with Crippen molar-refractivity contribution >= 4 is 54.6 Å². The summed E-state index contributed by atoms with van der Waals surface area (Å²) in [5, 5.41) is 5.79. The molecule has 24 heavy (non-hydrogen) atoms. The Morgan fingerprint density at radius 2 is 1.54 bits per heavy atom. The smallest absolute Gasteiger partial charge is 0.163 e. The van der Waals surface area contributed by atoms with Crippen LogP contribution >= 0.6 is 0 Å². The number of nitrogens with one attached hydrogen (secondary N) is 1. The Kier molecular flexibility index (Phi) is 2.10. The van der Waals surface area contributed by atoms with Gasteiger partial charge in [0.05, 0.1) is 10.9 Å². The molecular formula is C21H12N2O. The highest BCUT2D eigenvalue weighted by molar-refractivity contribution is 6.33. The van der Waals surface area contributed by atoms with Crippen LogP contribution in [0.25, 0.3) is 54.6 Å². The van der Waals surface area contributed by atoms with Crippen molar-refractivity contribution in [1.29, 1.82) is 0 Å². The number of furan rings is 1. The first-order valence-electron chi connectivity index (χ1n) is 8.00. The summed E-state index contributed by atoms with van der Waals surface area (Å²) >= 11 is 0. The maximum atomic E-state index is 6.19. The fraction of sp³-hybridized carbons (Fsp3) is 0. The highest BCUT2D eigenvalue weighted by Crippen LogP contribution is 2.42. The van der Waals surface area contributed by atoms with Crippen molar-refractivity contribution in [2.24, 2.45) is 0 Å². The number of aromatic amines is 1. The number of hydrogen-bond acceptors (Lipinski definition) is 2. The van der Waals surface area contributed by atoms with Crippen LogP contribution in [0.1, 0.15) is 0 Å². The second-order valence-electron chi connectivity index (χ2n) is 6.12. The third-order valence-electron chi connectivity index (χ3n) is 4.84. The predicted molar refractivity (Wildman–Crippen MR) is 98.4 cm³/mol. The van der Waals surface area contributed by atoms with Crippen LogP contribution < -0.4 is 0 Å². The minimum Gasteiger partial charge on any atom is -0.454 e. The summed E-state index contributed by atoms with van der Waals surface area (Å²) in [6.45, 7) is 0. The molecular weight excluding hydrogens is 296 g/mol. The topological polar surface area (TPSA) is 41.8 Å². The van der Waals surface area contributed by atoms with Crippen LogP contribution in [0.3, 0.4) is 0 Å². The Morgan fingerprint density at radius 1 is 0.750 bits per heavy atom. The summed E-state index contributed by atoms with van der Waals surface area (Å²) in [4.78, 5) is 8.24. The van der Waals surface area contributed by atoms with Gasteiger partial charge in [-0.25, -0.2) is 0 Å². The molecule has 6 rings (SSSR count). The molecule has 0 aliphatic carbocycles. The first-order chi connectivity index (χ1) is 11.9. The fourth-order valence-corrected chi connectivity index (χ4v) is 3.86. The third-order valence-corrected chi connectivity index (χ3v) is 4.84. The Morgan fingerprint density at radius 3 is 2.50 bits per heavy atom. The van der Waals surface area contributed by atoms with Crippen LogP contribution in [0.15, 0.2) is 71.3 Å². The van der Waals surface area contributed by atoms with Crippen LogP contribution in [0.2, 0.25) is 0 Å². The van der Waals surface area contributed by atoms with Crippen LogP contribution in [0.4, 0.5) is 0 Å². The predicted octanol–water partition coefficient (Wildman–Crippen LogP) is 5.77. The number of para-hydroxylation sites is 2. The largest absolute Gasteiger partial charge is 0.454 e. The van der Waals surface area contributed by atoms with Gasteiger partial charge in [0.25, 0.3) is 0 Å². The van der Waals surface area contributed by atoms with E-state index in [2.05, 4.69) is 52.4 Å². The number of fused-ring (bicyclic) bond motifs is 10. The quantitative estimate of drug-likeness (QED) is 0.387. The lowest BCUT2D eigenvalue weighted by atomic mass is 10.0. The maximum Gasteiger partial charge on any atom is 0.163 e. The maximum absolute atomic E-state index is 6.19. The Hall–Kier alpha value is -3.33. The van der Waals surface area contributed by atoms with Gasteiger partial charge in [-0.2, -0.15) is 0 Å².